The van der Waals surface area contributed by atoms with Crippen molar-refractivity contribution in [3.05, 3.63) is 34.3 Å². The van der Waals surface area contributed by atoms with Crippen LogP contribution in [0.4, 0.5) is 13.2 Å². The Labute approximate surface area is 136 Å². The number of ether oxygens (including phenoxy) is 2. The number of allylic oxidation sites excluding steroid dienone is 1. The topological polar surface area (TPSA) is 38.7 Å². The van der Waals surface area contributed by atoms with Gasteiger partial charge in [0.15, 0.2) is 0 Å². The molecule has 0 aliphatic heterocycles. The predicted octanol–water partition coefficient (Wildman–Crippen LogP) is 4.91. The summed E-state index contributed by atoms with van der Waals surface area (Å²) in [4.78, 5) is 0. The lowest BCUT2D eigenvalue weighted by Crippen LogP contribution is -2.08. The minimum absolute atomic E-state index is 0.0204. The number of rotatable bonds is 8. The molecule has 8 heteroatoms. The average molecular weight is 359 g/mol. The normalized spacial score (nSPS) is 12.5. The molecule has 0 fully saturated rings. The lowest BCUT2D eigenvalue weighted by atomic mass is 10.3. The van der Waals surface area contributed by atoms with E-state index < -0.39 is 11.2 Å². The first-order chi connectivity index (χ1) is 10.3. The standard InChI is InChI=1S/C14H15Cl2F3O3/c15-11-9-10(3-4-12(11)20)22-7-2-1-6-21-8-5-13(16)14(17,18)19/h3-5,9,20H,1-2,6-8H2. The van der Waals surface area contributed by atoms with Crippen LogP contribution >= 0.6 is 23.2 Å². The third-order valence-electron chi connectivity index (χ3n) is 2.52. The highest BCUT2D eigenvalue weighted by Gasteiger charge is 2.31. The molecule has 0 aliphatic rings. The van der Waals surface area contributed by atoms with Crippen molar-refractivity contribution in [3.8, 4) is 11.5 Å². The summed E-state index contributed by atoms with van der Waals surface area (Å²) in [5.74, 6) is 0.511. The molecule has 0 amide bonds. The molecule has 1 aromatic rings. The van der Waals surface area contributed by atoms with Crippen molar-refractivity contribution < 1.29 is 27.8 Å². The van der Waals surface area contributed by atoms with E-state index in [9.17, 15) is 18.3 Å². The molecule has 3 nitrogen and oxygen atoms in total. The summed E-state index contributed by atoms with van der Waals surface area (Å²) in [6, 6.07) is 4.51. The molecule has 1 aromatic carbocycles. The van der Waals surface area contributed by atoms with Crippen LogP contribution in [0.2, 0.25) is 5.02 Å². The zero-order chi connectivity index (χ0) is 16.6. The van der Waals surface area contributed by atoms with Gasteiger partial charge >= 0.3 is 6.18 Å². The second-order valence-corrected chi connectivity index (χ2v) is 5.11. The molecule has 0 radical (unpaired) electrons. The average Bonchev–Trinajstić information content (AvgIpc) is 2.44. The molecule has 0 saturated heterocycles. The lowest BCUT2D eigenvalue weighted by Gasteiger charge is -2.07. The zero-order valence-electron chi connectivity index (χ0n) is 11.5. The van der Waals surface area contributed by atoms with Gasteiger partial charge in [0.2, 0.25) is 0 Å². The number of phenols is 1. The number of phenolic OH excluding ortho intramolecular Hbond substituents is 1. The Kier molecular flexibility index (Phi) is 7.85. The van der Waals surface area contributed by atoms with Gasteiger partial charge in [0.1, 0.15) is 16.5 Å². The Hall–Kier alpha value is -1.11. The van der Waals surface area contributed by atoms with Crippen molar-refractivity contribution >= 4 is 23.2 Å². The third-order valence-corrected chi connectivity index (χ3v) is 3.19. The molecule has 124 valence electrons. The van der Waals surface area contributed by atoms with Gasteiger partial charge in [-0.2, -0.15) is 13.2 Å². The number of alkyl halides is 3. The summed E-state index contributed by atoms with van der Waals surface area (Å²) < 4.78 is 46.5. The maximum Gasteiger partial charge on any atom is 0.426 e. The van der Waals surface area contributed by atoms with Crippen LogP contribution in [0.15, 0.2) is 29.3 Å². The molecule has 0 aromatic heterocycles. The predicted molar refractivity (Wildman–Crippen MR) is 78.7 cm³/mol. The summed E-state index contributed by atoms with van der Waals surface area (Å²) in [5, 5.41) is 8.26. The quantitative estimate of drug-likeness (QED) is 0.671. The first-order valence-electron chi connectivity index (χ1n) is 6.42. The van der Waals surface area contributed by atoms with Crippen LogP contribution in [0, 0.1) is 0 Å². The highest BCUT2D eigenvalue weighted by atomic mass is 35.5. The van der Waals surface area contributed by atoms with Gasteiger partial charge in [0, 0.05) is 12.7 Å². The van der Waals surface area contributed by atoms with Gasteiger partial charge in [-0.1, -0.05) is 23.2 Å². The fourth-order valence-corrected chi connectivity index (χ4v) is 1.64. The van der Waals surface area contributed by atoms with Gasteiger partial charge in [-0.3, -0.25) is 0 Å². The smallest absolute Gasteiger partial charge is 0.426 e. The number of hydrogen-bond donors (Lipinski definition) is 1. The summed E-state index contributed by atoms with van der Waals surface area (Å²) in [5.41, 5.74) is 0. The fourth-order valence-electron chi connectivity index (χ4n) is 1.40. The van der Waals surface area contributed by atoms with Gasteiger partial charge in [0.05, 0.1) is 18.2 Å². The number of hydrogen-bond acceptors (Lipinski definition) is 3. The van der Waals surface area contributed by atoms with Crippen LogP contribution in [-0.4, -0.2) is 31.1 Å². The van der Waals surface area contributed by atoms with E-state index in [1.807, 2.05) is 0 Å². The van der Waals surface area contributed by atoms with Crippen LogP contribution in [-0.2, 0) is 4.74 Å². The van der Waals surface area contributed by atoms with Crippen molar-refractivity contribution in [2.75, 3.05) is 19.8 Å². The van der Waals surface area contributed by atoms with Gasteiger partial charge in [-0.25, -0.2) is 0 Å². The first-order valence-corrected chi connectivity index (χ1v) is 7.18. The van der Waals surface area contributed by atoms with Gasteiger partial charge in [-0.15, -0.1) is 0 Å². The zero-order valence-corrected chi connectivity index (χ0v) is 13.0. The van der Waals surface area contributed by atoms with E-state index in [-0.39, 0.29) is 17.4 Å². The monoisotopic (exact) mass is 358 g/mol. The van der Waals surface area contributed by atoms with Crippen molar-refractivity contribution in [1.82, 2.24) is 0 Å². The van der Waals surface area contributed by atoms with Crippen LogP contribution in [0.5, 0.6) is 11.5 Å². The van der Waals surface area contributed by atoms with E-state index in [4.69, 9.17) is 32.7 Å². The van der Waals surface area contributed by atoms with Crippen molar-refractivity contribution in [1.29, 1.82) is 0 Å². The van der Waals surface area contributed by atoms with E-state index in [1.165, 1.54) is 12.1 Å². The molecule has 1 rings (SSSR count). The van der Waals surface area contributed by atoms with E-state index in [2.05, 4.69) is 0 Å². The first kappa shape index (κ1) is 18.9. The largest absolute Gasteiger partial charge is 0.506 e. The molecule has 0 atom stereocenters. The maximum atomic E-state index is 12.0. The number of aromatic hydroxyl groups is 1. The SMILES string of the molecule is Oc1ccc(OCCCCOCC=C(Cl)C(F)(F)F)cc1Cl. The highest BCUT2D eigenvalue weighted by Crippen LogP contribution is 2.28. The number of halogens is 5. The molecule has 0 saturated carbocycles. The Morgan fingerprint density at radius 2 is 1.91 bits per heavy atom. The number of benzene rings is 1. The summed E-state index contributed by atoms with van der Waals surface area (Å²) >= 11 is 10.7. The fraction of sp³-hybridized carbons (Fsp3) is 0.429. The number of unbranched alkanes of at least 4 members (excludes halogenated alkanes) is 1. The molecule has 0 heterocycles. The van der Waals surface area contributed by atoms with Crippen LogP contribution in [0.3, 0.4) is 0 Å². The highest BCUT2D eigenvalue weighted by molar-refractivity contribution is 6.32. The van der Waals surface area contributed by atoms with Crippen molar-refractivity contribution in [2.45, 2.75) is 19.0 Å². The molecule has 0 bridgehead atoms. The van der Waals surface area contributed by atoms with Gasteiger partial charge in [0.25, 0.3) is 0 Å². The van der Waals surface area contributed by atoms with Gasteiger partial charge < -0.3 is 14.6 Å². The van der Waals surface area contributed by atoms with E-state index >= 15 is 0 Å². The van der Waals surface area contributed by atoms with Crippen molar-refractivity contribution in [3.63, 3.8) is 0 Å². The van der Waals surface area contributed by atoms with E-state index in [1.54, 1.807) is 6.07 Å². The van der Waals surface area contributed by atoms with Crippen LogP contribution in [0.1, 0.15) is 12.8 Å². The van der Waals surface area contributed by atoms with Gasteiger partial charge in [-0.05, 0) is 31.1 Å². The molecule has 0 unspecified atom stereocenters. The Balaban J connectivity index is 2.10. The summed E-state index contributed by atoms with van der Waals surface area (Å²) in [6.07, 6.45) is -2.45. The Bertz CT molecular complexity index is 505. The Morgan fingerprint density at radius 3 is 2.55 bits per heavy atom. The molecule has 0 aliphatic carbocycles. The molecule has 0 spiro atoms. The minimum atomic E-state index is -4.52. The minimum Gasteiger partial charge on any atom is -0.506 e. The summed E-state index contributed by atoms with van der Waals surface area (Å²) in [7, 11) is 0. The Morgan fingerprint density at radius 1 is 1.23 bits per heavy atom. The maximum absolute atomic E-state index is 12.0. The van der Waals surface area contributed by atoms with Crippen molar-refractivity contribution in [2.24, 2.45) is 0 Å². The van der Waals surface area contributed by atoms with Crippen LogP contribution < -0.4 is 4.74 Å². The van der Waals surface area contributed by atoms with E-state index in [0.29, 0.717) is 31.8 Å². The molecule has 22 heavy (non-hydrogen) atoms. The molecule has 1 N–H and O–H groups in total. The molecular weight excluding hydrogens is 344 g/mol. The molecular formula is C14H15Cl2F3O3. The third kappa shape index (κ3) is 7.24. The van der Waals surface area contributed by atoms with Crippen LogP contribution in [0.25, 0.3) is 0 Å². The second-order valence-electron chi connectivity index (χ2n) is 4.29. The lowest BCUT2D eigenvalue weighted by molar-refractivity contribution is -0.0850. The summed E-state index contributed by atoms with van der Waals surface area (Å²) in [6.45, 7) is 0.522. The second kappa shape index (κ2) is 9.12. The van der Waals surface area contributed by atoms with E-state index in [0.717, 1.165) is 6.08 Å².